The van der Waals surface area contributed by atoms with Crippen LogP contribution in [0.1, 0.15) is 32.8 Å². The Morgan fingerprint density at radius 1 is 1.23 bits per heavy atom. The maximum absolute atomic E-state index is 12.8. The fraction of sp³-hybridized carbons (Fsp3) is 0.480. The van der Waals surface area contributed by atoms with Gasteiger partial charge in [-0.25, -0.2) is 8.42 Å². The zero-order valence-corrected chi connectivity index (χ0v) is 23.3. The number of rotatable bonds is 18. The van der Waals surface area contributed by atoms with Gasteiger partial charge in [0.1, 0.15) is 24.0 Å². The van der Waals surface area contributed by atoms with Crippen LogP contribution in [0.2, 0.25) is 0 Å². The molecule has 0 saturated carbocycles. The minimum atomic E-state index is -3.69. The molecule has 2 amide bonds. The maximum atomic E-state index is 12.8. The van der Waals surface area contributed by atoms with Gasteiger partial charge < -0.3 is 36.0 Å². The molecule has 0 aromatic carbocycles. The van der Waals surface area contributed by atoms with Crippen molar-refractivity contribution in [3.05, 3.63) is 42.7 Å². The van der Waals surface area contributed by atoms with Crippen LogP contribution in [0.5, 0.6) is 5.88 Å². The second-order valence-corrected chi connectivity index (χ2v) is 11.0. The summed E-state index contributed by atoms with van der Waals surface area (Å²) in [4.78, 5) is 39.4. The molecule has 0 saturated heterocycles. The molecule has 1 unspecified atom stereocenters. The zero-order chi connectivity index (χ0) is 29.6. The molecule has 6 N–H and O–H groups in total. The summed E-state index contributed by atoms with van der Waals surface area (Å²) in [7, 11) is -3.69. The molecule has 1 rings (SSSR count). The van der Waals surface area contributed by atoms with Gasteiger partial charge in [-0.2, -0.15) is 4.98 Å². The van der Waals surface area contributed by atoms with Gasteiger partial charge >= 0.3 is 0 Å². The molecule has 0 fully saturated rings. The minimum Gasteiger partial charge on any atom is -0.499 e. The van der Waals surface area contributed by atoms with Crippen LogP contribution in [0.3, 0.4) is 0 Å². The number of amides is 2. The van der Waals surface area contributed by atoms with Crippen LogP contribution in [0.15, 0.2) is 37.1 Å². The molecule has 1 aromatic rings. The van der Waals surface area contributed by atoms with Crippen LogP contribution >= 0.6 is 0 Å². The summed E-state index contributed by atoms with van der Waals surface area (Å²) in [5, 5.41) is 15.3. The summed E-state index contributed by atoms with van der Waals surface area (Å²) in [6.07, 6.45) is 2.35. The van der Waals surface area contributed by atoms with Crippen LogP contribution in [0.4, 0.5) is 5.82 Å². The van der Waals surface area contributed by atoms with Gasteiger partial charge in [0.2, 0.25) is 17.7 Å². The Balaban J connectivity index is 2.76. The van der Waals surface area contributed by atoms with E-state index < -0.39 is 39.7 Å². The number of sulfone groups is 1. The molecular formula is C25H38N6O7S. The molecule has 0 radical (unpaired) electrons. The summed E-state index contributed by atoms with van der Waals surface area (Å²) in [5.74, 6) is -1.82. The number of carbonyl (C=O) groups excluding carboxylic acids is 3. The quantitative estimate of drug-likeness (QED) is 0.0552. The molecule has 39 heavy (non-hydrogen) atoms. The Hall–Kier alpha value is -3.78. The van der Waals surface area contributed by atoms with E-state index in [0.717, 1.165) is 0 Å². The van der Waals surface area contributed by atoms with Crippen molar-refractivity contribution in [2.75, 3.05) is 30.8 Å². The smallest absolute Gasteiger partial charge is 0.242 e. The Morgan fingerprint density at radius 3 is 2.54 bits per heavy atom. The van der Waals surface area contributed by atoms with Gasteiger partial charge in [-0.3, -0.25) is 15.0 Å². The van der Waals surface area contributed by atoms with E-state index in [2.05, 4.69) is 34.1 Å². The number of pyridine rings is 1. The molecule has 13 nitrogen and oxygen atoms in total. The van der Waals surface area contributed by atoms with E-state index in [1.54, 1.807) is 6.92 Å². The van der Waals surface area contributed by atoms with Gasteiger partial charge in [-0.1, -0.05) is 20.1 Å². The summed E-state index contributed by atoms with van der Waals surface area (Å²) in [6, 6.07) is 0.873. The first kappa shape index (κ1) is 33.2. The average molecular weight is 567 g/mol. The topological polar surface area (TPSA) is 203 Å². The first-order valence-electron chi connectivity index (χ1n) is 12.2. The van der Waals surface area contributed by atoms with Gasteiger partial charge in [0, 0.05) is 24.9 Å². The molecule has 1 aromatic heterocycles. The Bertz CT molecular complexity index is 1160. The van der Waals surface area contributed by atoms with Gasteiger partial charge in [-0.15, -0.1) is 0 Å². The summed E-state index contributed by atoms with van der Waals surface area (Å²) in [5.41, 5.74) is 6.02. The Kier molecular flexibility index (Phi) is 13.8. The second kappa shape index (κ2) is 16.2. The van der Waals surface area contributed by atoms with E-state index in [9.17, 15) is 22.8 Å². The highest BCUT2D eigenvalue weighted by molar-refractivity contribution is 7.90. The number of hydrogen-bond acceptors (Lipinski definition) is 10. The number of carbonyl (C=O) groups is 3. The van der Waals surface area contributed by atoms with E-state index >= 15 is 0 Å². The van der Waals surface area contributed by atoms with Crippen molar-refractivity contribution in [3.63, 3.8) is 0 Å². The van der Waals surface area contributed by atoms with Crippen molar-refractivity contribution in [2.24, 2.45) is 11.7 Å². The number of aromatic nitrogens is 1. The molecule has 0 spiro atoms. The normalized spacial score (nSPS) is 13.2. The molecule has 0 aliphatic rings. The first-order valence-corrected chi connectivity index (χ1v) is 14.0. The molecule has 1 heterocycles. The molecule has 216 valence electrons. The van der Waals surface area contributed by atoms with Gasteiger partial charge in [-0.05, 0) is 31.6 Å². The number of aldehydes is 1. The van der Waals surface area contributed by atoms with E-state index in [4.69, 9.17) is 20.6 Å². The highest BCUT2D eigenvalue weighted by Gasteiger charge is 2.24. The predicted octanol–water partition coefficient (Wildman–Crippen LogP) is 0.674. The number of allylic oxidation sites excluding steroid dienone is 1. The number of nitrogens with zero attached hydrogens (tertiary/aromatic N) is 1. The maximum Gasteiger partial charge on any atom is 0.242 e. The summed E-state index contributed by atoms with van der Waals surface area (Å²) in [6.45, 7) is 12.2. The fourth-order valence-corrected chi connectivity index (χ4v) is 4.19. The average Bonchev–Trinajstić information content (AvgIpc) is 2.86. The zero-order valence-electron chi connectivity index (χ0n) is 22.5. The van der Waals surface area contributed by atoms with Crippen molar-refractivity contribution >= 4 is 39.6 Å². The van der Waals surface area contributed by atoms with Crippen LogP contribution in [0, 0.1) is 11.3 Å². The van der Waals surface area contributed by atoms with Crippen LogP contribution in [0.25, 0.3) is 0 Å². The highest BCUT2D eigenvalue weighted by atomic mass is 32.2. The van der Waals surface area contributed by atoms with Gasteiger partial charge in [0.15, 0.2) is 9.84 Å². The molecule has 3 atom stereocenters. The predicted molar refractivity (Wildman–Crippen MR) is 148 cm³/mol. The summed E-state index contributed by atoms with van der Waals surface area (Å²) < 4.78 is 36.4. The minimum absolute atomic E-state index is 0.0335. The third kappa shape index (κ3) is 13.0. The highest BCUT2D eigenvalue weighted by Crippen LogP contribution is 2.19. The Labute approximate surface area is 229 Å². The molecular weight excluding hydrogens is 528 g/mol. The lowest BCUT2D eigenvalue weighted by Crippen LogP contribution is -2.52. The van der Waals surface area contributed by atoms with Crippen molar-refractivity contribution < 1.29 is 32.3 Å². The number of nitrogens with two attached hydrogens (primary N) is 1. The lowest BCUT2D eigenvalue weighted by molar-refractivity contribution is -0.130. The monoisotopic (exact) mass is 566 g/mol. The van der Waals surface area contributed by atoms with E-state index in [1.807, 2.05) is 0 Å². The molecule has 0 aliphatic carbocycles. The Morgan fingerprint density at radius 2 is 1.92 bits per heavy atom. The van der Waals surface area contributed by atoms with Crippen molar-refractivity contribution in [1.29, 1.82) is 5.41 Å². The van der Waals surface area contributed by atoms with Gasteiger partial charge in [0.25, 0.3) is 0 Å². The third-order valence-electron chi connectivity index (χ3n) is 5.15. The van der Waals surface area contributed by atoms with Crippen LogP contribution < -0.4 is 26.4 Å². The van der Waals surface area contributed by atoms with E-state index in [-0.39, 0.29) is 42.2 Å². The number of anilines is 1. The lowest BCUT2D eigenvalue weighted by atomic mass is 10.0. The second-order valence-electron chi connectivity index (χ2n) is 8.83. The lowest BCUT2D eigenvalue weighted by Gasteiger charge is -2.18. The number of hydrogen-bond donors (Lipinski definition) is 5. The number of ether oxygens (including phenoxy) is 2. The van der Waals surface area contributed by atoms with Crippen LogP contribution in [-0.4, -0.2) is 74.9 Å². The van der Waals surface area contributed by atoms with Crippen molar-refractivity contribution in [1.82, 2.24) is 15.6 Å². The number of nitrogens with one attached hydrogen (secondary N) is 4. The van der Waals surface area contributed by atoms with Crippen molar-refractivity contribution in [2.45, 2.75) is 45.0 Å². The fourth-order valence-electron chi connectivity index (χ4n) is 2.96. The van der Waals surface area contributed by atoms with Crippen molar-refractivity contribution in [3.8, 4) is 5.88 Å². The number of amidine groups is 1. The van der Waals surface area contributed by atoms with E-state index in [1.165, 1.54) is 32.1 Å². The van der Waals surface area contributed by atoms with E-state index in [0.29, 0.717) is 30.6 Å². The molecule has 14 heteroatoms. The molecule has 0 bridgehead atoms. The van der Waals surface area contributed by atoms with Crippen LogP contribution in [-0.2, 0) is 34.7 Å². The SMILES string of the molecule is C=CC(=N)Nc1cc(CS(=O)(=O)CCNC(=O)[C@H](C)NC(=O)[C@@H](N)C(C)C=O)cc(OCCCOC(=C)C)n1. The third-order valence-corrected chi connectivity index (χ3v) is 6.75. The summed E-state index contributed by atoms with van der Waals surface area (Å²) >= 11 is 0. The van der Waals surface area contributed by atoms with Gasteiger partial charge in [0.05, 0.1) is 36.5 Å². The largest absolute Gasteiger partial charge is 0.499 e. The molecule has 0 aliphatic heterocycles. The first-order chi connectivity index (χ1) is 18.3. The standard InChI is InChI=1S/C25H38N6O7S/c1-6-20(26)30-21-12-19(13-22(31-21)38-10-7-9-37-16(2)3)15-39(35,36)11-8-28-24(33)18(5)29-25(34)23(27)17(4)14-32/h6,12-14,17-18,23H,1-2,7-11,15,27H2,3-5H3,(H,28,33)(H,29,34)(H2,26,30,31)/t17?,18-,23-/m0/s1.